The van der Waals surface area contributed by atoms with Crippen molar-refractivity contribution in [1.29, 1.82) is 0 Å². The minimum Gasteiger partial charge on any atom is -0.468 e. The van der Waals surface area contributed by atoms with Crippen molar-refractivity contribution in [2.75, 3.05) is 13.7 Å². The summed E-state index contributed by atoms with van der Waals surface area (Å²) < 4.78 is 30.3. The van der Waals surface area contributed by atoms with E-state index in [1.165, 1.54) is 18.3 Å². The lowest BCUT2D eigenvalue weighted by molar-refractivity contribution is -0.139. The third kappa shape index (κ3) is 3.63. The van der Waals surface area contributed by atoms with Crippen LogP contribution in [-0.4, -0.2) is 48.6 Å². The minimum atomic E-state index is -3.70. The molecule has 104 valence electrons. The average molecular weight is 294 g/mol. The Balaban J connectivity index is 2.83. The first kappa shape index (κ1) is 15.3. The van der Waals surface area contributed by atoms with E-state index in [1.54, 1.807) is 0 Å². The zero-order valence-electron chi connectivity index (χ0n) is 10.5. The quantitative estimate of drug-likeness (QED) is 0.526. The van der Waals surface area contributed by atoms with Crippen molar-refractivity contribution >= 4 is 33.2 Å². The van der Waals surface area contributed by atoms with E-state index in [-0.39, 0.29) is 17.6 Å². The third-order valence-electron chi connectivity index (χ3n) is 2.84. The van der Waals surface area contributed by atoms with Gasteiger partial charge in [-0.3, -0.25) is 4.79 Å². The van der Waals surface area contributed by atoms with Crippen molar-refractivity contribution in [3.05, 3.63) is 0 Å². The van der Waals surface area contributed by atoms with E-state index in [9.17, 15) is 13.2 Å². The van der Waals surface area contributed by atoms with Gasteiger partial charge in [-0.25, -0.2) is 8.42 Å². The highest BCUT2D eigenvalue weighted by atomic mass is 32.2. The maximum absolute atomic E-state index is 12.3. The summed E-state index contributed by atoms with van der Waals surface area (Å²) in [5.74, 6) is -0.754. The van der Waals surface area contributed by atoms with Crippen molar-refractivity contribution in [2.24, 2.45) is 5.73 Å². The summed E-state index contributed by atoms with van der Waals surface area (Å²) in [6.45, 7) is 1.56. The molecule has 18 heavy (non-hydrogen) atoms. The van der Waals surface area contributed by atoms with Gasteiger partial charge in [-0.2, -0.15) is 4.31 Å². The molecule has 0 spiro atoms. The fraction of sp³-hybridized carbons (Fsp3) is 0.800. The Morgan fingerprint density at radius 2 is 2.11 bits per heavy atom. The largest absolute Gasteiger partial charge is 0.468 e. The number of carbonyl (C=O) groups excluding carboxylic acids is 1. The van der Waals surface area contributed by atoms with Gasteiger partial charge in [-0.15, -0.1) is 0 Å². The van der Waals surface area contributed by atoms with E-state index < -0.39 is 21.2 Å². The molecule has 0 radical (unpaired) electrons. The van der Waals surface area contributed by atoms with E-state index in [2.05, 4.69) is 4.74 Å². The van der Waals surface area contributed by atoms with Gasteiger partial charge >= 0.3 is 5.97 Å². The molecule has 8 heteroatoms. The molecular weight excluding hydrogens is 276 g/mol. The Labute approximate surface area is 113 Å². The lowest BCUT2D eigenvalue weighted by Crippen LogP contribution is -2.44. The van der Waals surface area contributed by atoms with Crippen molar-refractivity contribution < 1.29 is 17.9 Å². The number of ether oxygens (including phenoxy) is 1. The van der Waals surface area contributed by atoms with Gasteiger partial charge in [0.25, 0.3) is 0 Å². The molecule has 0 aromatic heterocycles. The first-order valence-electron chi connectivity index (χ1n) is 5.67. The smallest absolute Gasteiger partial charge is 0.325 e. The van der Waals surface area contributed by atoms with E-state index in [0.29, 0.717) is 6.42 Å². The highest BCUT2D eigenvalue weighted by Crippen LogP contribution is 2.31. The van der Waals surface area contributed by atoms with Crippen LogP contribution in [-0.2, 0) is 19.6 Å². The van der Waals surface area contributed by atoms with Crippen molar-refractivity contribution in [3.63, 3.8) is 0 Å². The van der Waals surface area contributed by atoms with Gasteiger partial charge in [0.1, 0.15) is 0 Å². The molecule has 2 N–H and O–H groups in total. The van der Waals surface area contributed by atoms with Crippen LogP contribution >= 0.6 is 12.2 Å². The molecule has 1 aliphatic rings. The van der Waals surface area contributed by atoms with Crippen LogP contribution in [0.25, 0.3) is 0 Å². The maximum atomic E-state index is 12.3. The molecular formula is C10H18N2O4S2. The normalized spacial score (nSPS) is 17.5. The Morgan fingerprint density at radius 3 is 2.50 bits per heavy atom. The van der Waals surface area contributed by atoms with Crippen LogP contribution in [0.2, 0.25) is 0 Å². The second-order valence-corrected chi connectivity index (χ2v) is 7.00. The Bertz CT molecular complexity index is 431. The molecule has 0 heterocycles. The molecule has 0 amide bonds. The first-order chi connectivity index (χ1) is 8.30. The number of sulfonamides is 1. The van der Waals surface area contributed by atoms with Crippen molar-refractivity contribution in [2.45, 2.75) is 37.5 Å². The first-order valence-corrected chi connectivity index (χ1v) is 7.58. The number of methoxy groups -OCH3 is 1. The van der Waals surface area contributed by atoms with Crippen molar-refractivity contribution in [1.82, 2.24) is 4.31 Å². The molecule has 0 bridgehead atoms. The molecule has 1 saturated carbocycles. The van der Waals surface area contributed by atoms with Gasteiger partial charge in [-0.05, 0) is 19.8 Å². The fourth-order valence-corrected chi connectivity index (χ4v) is 3.40. The van der Waals surface area contributed by atoms with E-state index >= 15 is 0 Å². The standard InChI is InChI=1S/C10H18N2O4S2/c1-7(10(13)16-2)18(14,15)12(8-3-4-8)6-5-9(11)17/h7-8H,3-6H2,1-2H3,(H2,11,17). The highest BCUT2D eigenvalue weighted by Gasteiger charge is 2.42. The van der Waals surface area contributed by atoms with Gasteiger partial charge in [-0.1, -0.05) is 12.2 Å². The Morgan fingerprint density at radius 1 is 1.56 bits per heavy atom. The number of rotatable bonds is 7. The predicted molar refractivity (Wildman–Crippen MR) is 71.5 cm³/mol. The van der Waals surface area contributed by atoms with Crippen LogP contribution in [0.1, 0.15) is 26.2 Å². The summed E-state index contributed by atoms with van der Waals surface area (Å²) in [5.41, 5.74) is 5.38. The monoisotopic (exact) mass is 294 g/mol. The summed E-state index contributed by atoms with van der Waals surface area (Å²) in [7, 11) is -2.53. The number of hydrogen-bond acceptors (Lipinski definition) is 5. The van der Waals surface area contributed by atoms with Crippen LogP contribution in [0.4, 0.5) is 0 Å². The molecule has 0 aliphatic heterocycles. The van der Waals surface area contributed by atoms with Gasteiger partial charge < -0.3 is 10.5 Å². The molecule has 1 fully saturated rings. The fourth-order valence-electron chi connectivity index (χ4n) is 1.59. The summed E-state index contributed by atoms with van der Waals surface area (Å²) in [6, 6.07) is -0.0311. The Kier molecular flexibility index (Phi) is 5.06. The summed E-state index contributed by atoms with van der Waals surface area (Å²) in [6.07, 6.45) is 1.94. The minimum absolute atomic E-state index is 0.0311. The van der Waals surface area contributed by atoms with Crippen LogP contribution in [0.15, 0.2) is 0 Å². The third-order valence-corrected chi connectivity index (χ3v) is 5.26. The average Bonchev–Trinajstić information content (AvgIpc) is 3.10. The molecule has 0 aromatic rings. The second-order valence-electron chi connectivity index (χ2n) is 4.27. The van der Waals surface area contributed by atoms with Crippen LogP contribution in [0.5, 0.6) is 0 Å². The zero-order valence-corrected chi connectivity index (χ0v) is 12.1. The SMILES string of the molecule is COC(=O)C(C)S(=O)(=O)N(CCC(N)=S)C1CC1. The van der Waals surface area contributed by atoms with Gasteiger partial charge in [0.2, 0.25) is 10.0 Å². The number of nitrogens with two attached hydrogens (primary N) is 1. The Hall–Kier alpha value is -0.730. The maximum Gasteiger partial charge on any atom is 0.325 e. The van der Waals surface area contributed by atoms with Crippen LogP contribution in [0.3, 0.4) is 0 Å². The van der Waals surface area contributed by atoms with Crippen LogP contribution in [0, 0.1) is 0 Å². The van der Waals surface area contributed by atoms with Crippen molar-refractivity contribution in [3.8, 4) is 0 Å². The predicted octanol–water partition coefficient (Wildman–Crippen LogP) is 0.0183. The summed E-state index contributed by atoms with van der Waals surface area (Å²) in [5, 5.41) is -1.20. The zero-order chi connectivity index (χ0) is 13.9. The molecule has 1 rings (SSSR count). The lowest BCUT2D eigenvalue weighted by Gasteiger charge is -2.24. The molecule has 1 unspecified atom stereocenters. The number of hydrogen-bond donors (Lipinski definition) is 1. The summed E-state index contributed by atoms with van der Waals surface area (Å²) in [4.78, 5) is 11.6. The number of carbonyl (C=O) groups is 1. The lowest BCUT2D eigenvalue weighted by atomic mass is 10.4. The van der Waals surface area contributed by atoms with Gasteiger partial charge in [0, 0.05) is 19.0 Å². The second kappa shape index (κ2) is 5.94. The van der Waals surface area contributed by atoms with Crippen LogP contribution < -0.4 is 5.73 Å². The molecule has 6 nitrogen and oxygen atoms in total. The number of thiocarbonyl (C=S) groups is 1. The number of nitrogens with zero attached hydrogens (tertiary/aromatic N) is 1. The molecule has 1 aliphatic carbocycles. The molecule has 0 saturated heterocycles. The highest BCUT2D eigenvalue weighted by molar-refractivity contribution is 7.90. The summed E-state index contributed by atoms with van der Waals surface area (Å²) >= 11 is 4.75. The van der Waals surface area contributed by atoms with E-state index in [0.717, 1.165) is 12.8 Å². The topological polar surface area (TPSA) is 89.7 Å². The van der Waals surface area contributed by atoms with Gasteiger partial charge in [0.15, 0.2) is 5.25 Å². The molecule has 1 atom stereocenters. The van der Waals surface area contributed by atoms with E-state index in [1.807, 2.05) is 0 Å². The number of esters is 1. The van der Waals surface area contributed by atoms with Gasteiger partial charge in [0.05, 0.1) is 12.1 Å². The molecule has 0 aromatic carbocycles. The van der Waals surface area contributed by atoms with E-state index in [4.69, 9.17) is 18.0 Å².